The van der Waals surface area contributed by atoms with Gasteiger partial charge in [-0.3, -0.25) is 4.90 Å². The van der Waals surface area contributed by atoms with E-state index in [0.29, 0.717) is 0 Å². The molecule has 0 aliphatic carbocycles. The molecule has 0 saturated carbocycles. The Hall–Kier alpha value is -0.700. The van der Waals surface area contributed by atoms with Crippen molar-refractivity contribution in [1.82, 2.24) is 4.90 Å². The quantitative estimate of drug-likeness (QED) is 0.826. The molecule has 1 aromatic carbocycles. The summed E-state index contributed by atoms with van der Waals surface area (Å²) in [7, 11) is 1.71. The second-order valence-electron chi connectivity index (χ2n) is 5.04. The lowest BCUT2D eigenvalue weighted by Gasteiger charge is -2.36. The van der Waals surface area contributed by atoms with Crippen LogP contribution in [0.5, 0.6) is 5.75 Å². The number of nitriles is 1. The van der Waals surface area contributed by atoms with Crippen molar-refractivity contribution >= 4 is 27.7 Å². The van der Waals surface area contributed by atoms with E-state index in [1.807, 2.05) is 18.4 Å². The maximum atomic E-state index is 9.32. The van der Waals surface area contributed by atoms with Crippen LogP contribution in [0, 0.1) is 11.3 Å². The number of hydrogen-bond acceptors (Lipinski definition) is 4. The van der Waals surface area contributed by atoms with Gasteiger partial charge in [-0.15, -0.1) is 11.8 Å². The fourth-order valence-electron chi connectivity index (χ4n) is 2.55. The summed E-state index contributed by atoms with van der Waals surface area (Å²) in [5.41, 5.74) is 1.19. The molecule has 1 fully saturated rings. The van der Waals surface area contributed by atoms with E-state index in [1.165, 1.54) is 5.56 Å². The van der Waals surface area contributed by atoms with E-state index in [-0.39, 0.29) is 4.75 Å². The van der Waals surface area contributed by atoms with Crippen molar-refractivity contribution in [2.24, 2.45) is 0 Å². The predicted octanol–water partition coefficient (Wildman–Crippen LogP) is 3.68. The molecule has 2 rings (SSSR count). The average Bonchev–Trinajstić information content (AvgIpc) is 2.49. The van der Waals surface area contributed by atoms with Crippen molar-refractivity contribution in [3.63, 3.8) is 0 Å². The number of benzene rings is 1. The third-order valence-corrected chi connectivity index (χ3v) is 5.67. The molecule has 0 spiro atoms. The molecule has 0 atom stereocenters. The zero-order valence-corrected chi connectivity index (χ0v) is 14.3. The van der Waals surface area contributed by atoms with Crippen molar-refractivity contribution < 1.29 is 4.74 Å². The first-order chi connectivity index (χ1) is 9.62. The Kier molecular flexibility index (Phi) is 5.36. The van der Waals surface area contributed by atoms with Crippen LogP contribution in [0.3, 0.4) is 0 Å². The number of ether oxygens (including phenoxy) is 1. The minimum Gasteiger partial charge on any atom is -0.496 e. The third-order valence-electron chi connectivity index (χ3n) is 3.89. The van der Waals surface area contributed by atoms with Gasteiger partial charge in [0.25, 0.3) is 0 Å². The van der Waals surface area contributed by atoms with Crippen LogP contribution in [0.25, 0.3) is 0 Å². The summed E-state index contributed by atoms with van der Waals surface area (Å²) in [6.07, 6.45) is 3.90. The lowest BCUT2D eigenvalue weighted by Crippen LogP contribution is -2.41. The topological polar surface area (TPSA) is 36.3 Å². The van der Waals surface area contributed by atoms with Gasteiger partial charge in [-0.1, -0.05) is 15.9 Å². The molecule has 5 heteroatoms. The Morgan fingerprint density at radius 3 is 2.70 bits per heavy atom. The van der Waals surface area contributed by atoms with Crippen LogP contribution in [-0.2, 0) is 6.54 Å². The molecule has 0 unspecified atom stereocenters. The third kappa shape index (κ3) is 3.49. The Balaban J connectivity index is 2.03. The van der Waals surface area contributed by atoms with Crippen molar-refractivity contribution in [3.8, 4) is 11.8 Å². The molecule has 0 bridgehead atoms. The van der Waals surface area contributed by atoms with Crippen LogP contribution >= 0.6 is 27.7 Å². The highest BCUT2D eigenvalue weighted by atomic mass is 79.9. The zero-order valence-electron chi connectivity index (χ0n) is 11.9. The van der Waals surface area contributed by atoms with Gasteiger partial charge in [0.15, 0.2) is 0 Å². The first-order valence-corrected chi connectivity index (χ1v) is 8.65. The van der Waals surface area contributed by atoms with Gasteiger partial charge in [-0.25, -0.2) is 0 Å². The highest BCUT2D eigenvalue weighted by Crippen LogP contribution is 2.35. The number of thioether (sulfide) groups is 1. The maximum Gasteiger partial charge on any atom is 0.123 e. The van der Waals surface area contributed by atoms with Crippen LogP contribution in [-0.4, -0.2) is 36.1 Å². The van der Waals surface area contributed by atoms with Crippen LogP contribution in [0.1, 0.15) is 18.4 Å². The van der Waals surface area contributed by atoms with Gasteiger partial charge in [-0.2, -0.15) is 5.26 Å². The predicted molar refractivity (Wildman–Crippen MR) is 87.1 cm³/mol. The van der Waals surface area contributed by atoms with Gasteiger partial charge in [-0.05, 0) is 37.3 Å². The van der Waals surface area contributed by atoms with Crippen molar-refractivity contribution in [3.05, 3.63) is 28.2 Å². The summed E-state index contributed by atoms with van der Waals surface area (Å²) in [5, 5.41) is 9.32. The molecule has 0 N–H and O–H groups in total. The Morgan fingerprint density at radius 2 is 2.15 bits per heavy atom. The minimum absolute atomic E-state index is 0.183. The summed E-state index contributed by atoms with van der Waals surface area (Å²) >= 11 is 5.20. The van der Waals surface area contributed by atoms with Crippen LogP contribution in [0.15, 0.2) is 22.7 Å². The summed E-state index contributed by atoms with van der Waals surface area (Å²) in [6, 6.07) is 8.58. The van der Waals surface area contributed by atoms with Gasteiger partial charge >= 0.3 is 0 Å². The lowest BCUT2D eigenvalue weighted by molar-refractivity contribution is 0.207. The van der Waals surface area contributed by atoms with Crippen LogP contribution < -0.4 is 4.74 Å². The van der Waals surface area contributed by atoms with Gasteiger partial charge in [0, 0.05) is 29.7 Å². The molecule has 108 valence electrons. The summed E-state index contributed by atoms with van der Waals surface area (Å²) in [4.78, 5) is 2.40. The molecule has 1 heterocycles. The number of methoxy groups -OCH3 is 1. The highest BCUT2D eigenvalue weighted by Gasteiger charge is 2.33. The standard InChI is InChI=1S/C15H19BrN2OS/c1-19-14-4-3-13(16)9-12(14)10-18-7-5-15(11-17,20-2)6-8-18/h3-4,9H,5-8,10H2,1-2H3. The number of hydrogen-bond donors (Lipinski definition) is 0. The van der Waals surface area contributed by atoms with Crippen molar-refractivity contribution in [2.75, 3.05) is 26.5 Å². The normalized spacial score (nSPS) is 18.5. The van der Waals surface area contributed by atoms with E-state index >= 15 is 0 Å². The molecule has 1 aliphatic heterocycles. The van der Waals surface area contributed by atoms with E-state index in [4.69, 9.17) is 4.74 Å². The molecule has 1 saturated heterocycles. The molecule has 0 aromatic heterocycles. The molecule has 20 heavy (non-hydrogen) atoms. The fourth-order valence-corrected chi connectivity index (χ4v) is 3.64. The van der Waals surface area contributed by atoms with E-state index in [9.17, 15) is 5.26 Å². The lowest BCUT2D eigenvalue weighted by atomic mass is 9.97. The monoisotopic (exact) mass is 354 g/mol. The number of piperidine rings is 1. The van der Waals surface area contributed by atoms with Crippen LogP contribution in [0.2, 0.25) is 0 Å². The summed E-state index contributed by atoms with van der Waals surface area (Å²) < 4.78 is 6.31. The van der Waals surface area contributed by atoms with Gasteiger partial charge < -0.3 is 4.74 Å². The maximum absolute atomic E-state index is 9.32. The van der Waals surface area contributed by atoms with E-state index < -0.39 is 0 Å². The smallest absolute Gasteiger partial charge is 0.123 e. The second kappa shape index (κ2) is 6.84. The first kappa shape index (κ1) is 15.7. The molecule has 1 aliphatic rings. The largest absolute Gasteiger partial charge is 0.496 e. The number of halogens is 1. The number of rotatable bonds is 4. The van der Waals surface area contributed by atoms with Gasteiger partial charge in [0.2, 0.25) is 0 Å². The van der Waals surface area contributed by atoms with E-state index in [1.54, 1.807) is 18.9 Å². The van der Waals surface area contributed by atoms with E-state index in [2.05, 4.69) is 33.0 Å². The highest BCUT2D eigenvalue weighted by molar-refractivity contribution is 9.10. The summed E-state index contributed by atoms with van der Waals surface area (Å²) in [6.45, 7) is 2.80. The molecule has 1 aromatic rings. The van der Waals surface area contributed by atoms with Gasteiger partial charge in [0.05, 0.1) is 13.2 Å². The Bertz CT molecular complexity index is 507. The molecular formula is C15H19BrN2OS. The Morgan fingerprint density at radius 1 is 1.45 bits per heavy atom. The number of nitrogens with zero attached hydrogens (tertiary/aromatic N) is 2. The molecule has 0 amide bonds. The van der Waals surface area contributed by atoms with Crippen molar-refractivity contribution in [1.29, 1.82) is 5.26 Å². The molecular weight excluding hydrogens is 336 g/mol. The minimum atomic E-state index is -0.183. The van der Waals surface area contributed by atoms with Gasteiger partial charge in [0.1, 0.15) is 10.5 Å². The van der Waals surface area contributed by atoms with Crippen molar-refractivity contribution in [2.45, 2.75) is 24.1 Å². The molecule has 3 nitrogen and oxygen atoms in total. The SMILES string of the molecule is COc1ccc(Br)cc1CN1CCC(C#N)(SC)CC1. The number of likely N-dealkylation sites (tertiary alicyclic amines) is 1. The van der Waals surface area contributed by atoms with E-state index in [0.717, 1.165) is 42.7 Å². The Labute approximate surface area is 133 Å². The summed E-state index contributed by atoms with van der Waals surface area (Å²) in [5.74, 6) is 0.926. The first-order valence-electron chi connectivity index (χ1n) is 6.63. The average molecular weight is 355 g/mol. The molecule has 0 radical (unpaired) electrons. The zero-order chi connectivity index (χ0) is 14.6. The second-order valence-corrected chi connectivity index (χ2v) is 7.15. The fraction of sp³-hybridized carbons (Fsp3) is 0.533. The van der Waals surface area contributed by atoms with Crippen LogP contribution in [0.4, 0.5) is 0 Å².